The number of pyridine rings is 2. The zero-order valence-electron chi connectivity index (χ0n) is 12.6. The van der Waals surface area contributed by atoms with Crippen molar-refractivity contribution >= 4 is 28.8 Å². The van der Waals surface area contributed by atoms with Gasteiger partial charge in [-0.05, 0) is 37.5 Å². The summed E-state index contributed by atoms with van der Waals surface area (Å²) in [5.41, 5.74) is 1.30. The zero-order valence-corrected chi connectivity index (χ0v) is 13.5. The lowest BCUT2D eigenvalue weighted by Crippen LogP contribution is -2.41. The Bertz CT molecular complexity index is 936. The van der Waals surface area contributed by atoms with Crippen LogP contribution in [0.5, 0.6) is 0 Å². The number of nitrogens with zero attached hydrogens (tertiary/aromatic N) is 3. The van der Waals surface area contributed by atoms with Gasteiger partial charge in [-0.25, -0.2) is 9.97 Å². The summed E-state index contributed by atoms with van der Waals surface area (Å²) >= 11 is 1.39. The molecule has 5 nitrogen and oxygen atoms in total. The van der Waals surface area contributed by atoms with Crippen LogP contribution in [0.15, 0.2) is 47.8 Å². The van der Waals surface area contributed by atoms with Gasteiger partial charge in [0.15, 0.2) is 0 Å². The van der Waals surface area contributed by atoms with Crippen molar-refractivity contribution in [2.75, 3.05) is 0 Å². The van der Waals surface area contributed by atoms with Gasteiger partial charge in [0.1, 0.15) is 10.4 Å². The minimum atomic E-state index is -0.764. The number of hydrogen-bond acceptors (Lipinski definition) is 4. The third kappa shape index (κ3) is 2.36. The van der Waals surface area contributed by atoms with Crippen LogP contribution < -0.4 is 0 Å². The van der Waals surface area contributed by atoms with Crippen LogP contribution in [-0.2, 0) is 4.79 Å². The quantitative estimate of drug-likeness (QED) is 0.732. The van der Waals surface area contributed by atoms with Gasteiger partial charge >= 0.3 is 5.97 Å². The van der Waals surface area contributed by atoms with Crippen molar-refractivity contribution in [3.05, 3.63) is 48.8 Å². The number of aliphatic carboxylic acids is 1. The fourth-order valence-electron chi connectivity index (χ4n) is 2.92. The Hall–Kier alpha value is -2.41. The SMILES string of the molecule is O=C(O)C1(Sc2ccnc3c2ccn3-c2ccnc(F)c2)CCC1. The van der Waals surface area contributed by atoms with E-state index in [4.69, 9.17) is 0 Å². The average molecular weight is 343 g/mol. The second-order valence-corrected chi connectivity index (χ2v) is 7.25. The molecule has 1 N–H and O–H groups in total. The molecule has 122 valence electrons. The van der Waals surface area contributed by atoms with Gasteiger partial charge in [0.25, 0.3) is 0 Å². The number of fused-ring (bicyclic) bond motifs is 1. The molecule has 0 saturated heterocycles. The second-order valence-electron chi connectivity index (χ2n) is 5.82. The van der Waals surface area contributed by atoms with E-state index in [1.165, 1.54) is 24.0 Å². The van der Waals surface area contributed by atoms with Gasteiger partial charge < -0.3 is 9.67 Å². The Morgan fingerprint density at radius 3 is 2.71 bits per heavy atom. The Morgan fingerprint density at radius 2 is 2.04 bits per heavy atom. The highest BCUT2D eigenvalue weighted by Gasteiger charge is 2.45. The molecule has 7 heteroatoms. The molecule has 1 aliphatic rings. The summed E-state index contributed by atoms with van der Waals surface area (Å²) in [4.78, 5) is 20.5. The first-order valence-corrected chi connectivity index (χ1v) is 8.41. The molecule has 0 radical (unpaired) electrons. The van der Waals surface area contributed by atoms with E-state index < -0.39 is 16.7 Å². The Morgan fingerprint density at radius 1 is 1.25 bits per heavy atom. The van der Waals surface area contributed by atoms with E-state index in [0.717, 1.165) is 16.7 Å². The fraction of sp³-hybridized carbons (Fsp3) is 0.235. The highest BCUT2D eigenvalue weighted by Crippen LogP contribution is 2.49. The van der Waals surface area contributed by atoms with Crippen LogP contribution in [0.1, 0.15) is 19.3 Å². The first kappa shape index (κ1) is 15.1. The molecular formula is C17H14FN3O2S. The first-order chi connectivity index (χ1) is 11.6. The third-order valence-electron chi connectivity index (χ3n) is 4.39. The van der Waals surface area contributed by atoms with Crippen molar-refractivity contribution in [1.29, 1.82) is 0 Å². The van der Waals surface area contributed by atoms with Crippen LogP contribution in [0.2, 0.25) is 0 Å². The van der Waals surface area contributed by atoms with Crippen molar-refractivity contribution < 1.29 is 14.3 Å². The molecule has 3 aromatic rings. The van der Waals surface area contributed by atoms with Gasteiger partial charge in [0, 0.05) is 34.9 Å². The molecular weight excluding hydrogens is 329 g/mol. The third-order valence-corrected chi connectivity index (χ3v) is 5.94. The van der Waals surface area contributed by atoms with Crippen molar-refractivity contribution in [2.45, 2.75) is 28.9 Å². The van der Waals surface area contributed by atoms with Gasteiger partial charge in [0.05, 0.1) is 5.69 Å². The normalized spacial score (nSPS) is 16.0. The van der Waals surface area contributed by atoms with Crippen LogP contribution in [0.3, 0.4) is 0 Å². The predicted molar refractivity (Wildman–Crippen MR) is 88.9 cm³/mol. The number of carboxylic acid groups (broad SMARTS) is 1. The lowest BCUT2D eigenvalue weighted by Gasteiger charge is -2.36. The average Bonchev–Trinajstić information content (AvgIpc) is 2.95. The molecule has 0 atom stereocenters. The molecule has 0 unspecified atom stereocenters. The number of aromatic nitrogens is 3. The van der Waals surface area contributed by atoms with Crippen molar-refractivity contribution in [3.8, 4) is 5.69 Å². The van der Waals surface area contributed by atoms with E-state index in [9.17, 15) is 14.3 Å². The number of rotatable bonds is 4. The minimum Gasteiger partial charge on any atom is -0.480 e. The zero-order chi connectivity index (χ0) is 16.7. The summed E-state index contributed by atoms with van der Waals surface area (Å²) in [6.07, 6.45) is 7.16. The monoisotopic (exact) mass is 343 g/mol. The van der Waals surface area contributed by atoms with Crippen molar-refractivity contribution in [3.63, 3.8) is 0 Å². The molecule has 3 aromatic heterocycles. The van der Waals surface area contributed by atoms with E-state index in [0.29, 0.717) is 24.2 Å². The molecule has 3 heterocycles. The van der Waals surface area contributed by atoms with Gasteiger partial charge in [-0.3, -0.25) is 4.79 Å². The highest BCUT2D eigenvalue weighted by atomic mass is 32.2. The van der Waals surface area contributed by atoms with E-state index in [-0.39, 0.29) is 0 Å². The molecule has 4 rings (SSSR count). The molecule has 0 bridgehead atoms. The number of hydrogen-bond donors (Lipinski definition) is 1. The Kier molecular flexibility index (Phi) is 3.53. The summed E-state index contributed by atoms with van der Waals surface area (Å²) < 4.78 is 14.4. The first-order valence-electron chi connectivity index (χ1n) is 7.59. The van der Waals surface area contributed by atoms with E-state index >= 15 is 0 Å². The van der Waals surface area contributed by atoms with Gasteiger partial charge in [-0.15, -0.1) is 11.8 Å². The maximum absolute atomic E-state index is 13.4. The fourth-order valence-corrected chi connectivity index (χ4v) is 4.32. The van der Waals surface area contributed by atoms with Crippen LogP contribution >= 0.6 is 11.8 Å². The Balaban J connectivity index is 1.78. The number of thioether (sulfide) groups is 1. The largest absolute Gasteiger partial charge is 0.480 e. The number of carbonyl (C=O) groups is 1. The second kappa shape index (κ2) is 5.59. The van der Waals surface area contributed by atoms with E-state index in [1.807, 2.05) is 18.3 Å². The van der Waals surface area contributed by atoms with Crippen molar-refractivity contribution in [1.82, 2.24) is 14.5 Å². The molecule has 1 saturated carbocycles. The standard InChI is InChI=1S/C17H14FN3O2S/c18-14-10-11(2-7-19-14)21-9-4-12-13(3-8-20-15(12)21)24-17(16(22)23)5-1-6-17/h2-4,7-10H,1,5-6H2,(H,22,23). The Labute approximate surface area is 141 Å². The van der Waals surface area contributed by atoms with Gasteiger partial charge in [-0.2, -0.15) is 4.39 Å². The van der Waals surface area contributed by atoms with Crippen LogP contribution in [-0.4, -0.2) is 30.4 Å². The van der Waals surface area contributed by atoms with Crippen LogP contribution in [0.4, 0.5) is 4.39 Å². The molecule has 0 spiro atoms. The van der Waals surface area contributed by atoms with Crippen molar-refractivity contribution in [2.24, 2.45) is 0 Å². The maximum atomic E-state index is 13.4. The van der Waals surface area contributed by atoms with Crippen LogP contribution in [0.25, 0.3) is 16.7 Å². The van der Waals surface area contributed by atoms with Gasteiger partial charge in [-0.1, -0.05) is 0 Å². The summed E-state index contributed by atoms with van der Waals surface area (Å²) in [5, 5.41) is 10.4. The molecule has 24 heavy (non-hydrogen) atoms. The summed E-state index contributed by atoms with van der Waals surface area (Å²) in [7, 11) is 0. The summed E-state index contributed by atoms with van der Waals surface area (Å²) in [5.74, 6) is -1.32. The molecule has 1 fully saturated rings. The lowest BCUT2D eigenvalue weighted by atomic mass is 9.84. The number of carboxylic acids is 1. The molecule has 1 aliphatic carbocycles. The molecule has 0 amide bonds. The minimum absolute atomic E-state index is 0.556. The summed E-state index contributed by atoms with van der Waals surface area (Å²) in [6.45, 7) is 0. The van der Waals surface area contributed by atoms with Crippen LogP contribution in [0, 0.1) is 5.95 Å². The predicted octanol–water partition coefficient (Wildman–Crippen LogP) is 3.66. The van der Waals surface area contributed by atoms with E-state index in [2.05, 4.69) is 9.97 Å². The summed E-state index contributed by atoms with van der Waals surface area (Å²) in [6, 6.07) is 6.77. The smallest absolute Gasteiger partial charge is 0.320 e. The van der Waals surface area contributed by atoms with Gasteiger partial charge in [0.2, 0.25) is 5.95 Å². The van der Waals surface area contributed by atoms with E-state index in [1.54, 1.807) is 16.8 Å². The highest BCUT2D eigenvalue weighted by molar-refractivity contribution is 8.01. The number of halogens is 1. The molecule has 0 aliphatic heterocycles. The topological polar surface area (TPSA) is 68.0 Å². The molecule has 0 aromatic carbocycles. The lowest BCUT2D eigenvalue weighted by molar-refractivity contribution is -0.142. The maximum Gasteiger partial charge on any atom is 0.320 e.